The summed E-state index contributed by atoms with van der Waals surface area (Å²) in [5, 5.41) is 0. The van der Waals surface area contributed by atoms with E-state index >= 15 is 0 Å². The van der Waals surface area contributed by atoms with Crippen molar-refractivity contribution in [3.8, 4) is 11.8 Å². The van der Waals surface area contributed by atoms with E-state index in [1.807, 2.05) is 6.92 Å². The highest BCUT2D eigenvalue weighted by atomic mass is 16.5. The molecule has 0 unspecified atom stereocenters. The zero-order valence-electron chi connectivity index (χ0n) is 8.13. The Morgan fingerprint density at radius 2 is 2.23 bits per heavy atom. The molecule has 0 saturated heterocycles. The molecule has 0 N–H and O–H groups in total. The van der Waals surface area contributed by atoms with Crippen molar-refractivity contribution in [2.24, 2.45) is 0 Å². The van der Waals surface area contributed by atoms with Crippen molar-refractivity contribution in [2.75, 3.05) is 13.2 Å². The van der Waals surface area contributed by atoms with Crippen LogP contribution in [0.2, 0.25) is 0 Å². The van der Waals surface area contributed by atoms with E-state index in [0.717, 1.165) is 6.42 Å². The van der Waals surface area contributed by atoms with Crippen LogP contribution in [0.4, 0.5) is 0 Å². The Kier molecular flexibility index (Phi) is 8.38. The molecule has 13 heavy (non-hydrogen) atoms. The van der Waals surface area contributed by atoms with Gasteiger partial charge in [0, 0.05) is 12.3 Å². The average molecular weight is 183 g/mol. The minimum absolute atomic E-state index is 0.369. The Bertz CT molecular complexity index is 188. The molecule has 0 heterocycles. The van der Waals surface area contributed by atoms with Gasteiger partial charge < -0.3 is 9.47 Å². The van der Waals surface area contributed by atoms with Gasteiger partial charge in [-0.3, -0.25) is 0 Å². The fourth-order valence-electron chi connectivity index (χ4n) is 0.613. The van der Waals surface area contributed by atoms with E-state index in [0.29, 0.717) is 19.6 Å². The first kappa shape index (κ1) is 12.0. The SMILES string of the molecule is CC[CH]OCCC#CC(=O)OCC. The number of ether oxygens (including phenoxy) is 2. The van der Waals surface area contributed by atoms with E-state index in [1.54, 1.807) is 13.5 Å². The fraction of sp³-hybridized carbons (Fsp3) is 0.600. The van der Waals surface area contributed by atoms with Crippen molar-refractivity contribution < 1.29 is 14.3 Å². The quantitative estimate of drug-likeness (QED) is 0.280. The number of rotatable bonds is 5. The lowest BCUT2D eigenvalue weighted by molar-refractivity contribution is -0.136. The highest BCUT2D eigenvalue weighted by Gasteiger charge is 1.91. The van der Waals surface area contributed by atoms with Gasteiger partial charge in [-0.25, -0.2) is 4.79 Å². The lowest BCUT2D eigenvalue weighted by Crippen LogP contribution is -1.99. The van der Waals surface area contributed by atoms with E-state index in [1.165, 1.54) is 0 Å². The second-order valence-electron chi connectivity index (χ2n) is 2.22. The van der Waals surface area contributed by atoms with Crippen LogP contribution in [0.3, 0.4) is 0 Å². The lowest BCUT2D eigenvalue weighted by Gasteiger charge is -1.95. The van der Waals surface area contributed by atoms with Crippen LogP contribution in [-0.2, 0) is 14.3 Å². The molecular weight excluding hydrogens is 168 g/mol. The fourth-order valence-corrected chi connectivity index (χ4v) is 0.613. The molecule has 0 atom stereocenters. The standard InChI is InChI=1S/C10H15O3/c1-3-8-12-9-6-5-7-10(11)13-4-2/h8H,3-4,6,9H2,1-2H3. The predicted molar refractivity (Wildman–Crippen MR) is 49.6 cm³/mol. The summed E-state index contributed by atoms with van der Waals surface area (Å²) in [7, 11) is 0. The van der Waals surface area contributed by atoms with Gasteiger partial charge in [0.1, 0.15) is 0 Å². The molecule has 0 aromatic heterocycles. The van der Waals surface area contributed by atoms with E-state index in [4.69, 9.17) is 4.74 Å². The molecule has 0 aromatic carbocycles. The number of hydrogen-bond acceptors (Lipinski definition) is 3. The molecule has 0 aromatic rings. The molecule has 0 fully saturated rings. The molecule has 0 spiro atoms. The van der Waals surface area contributed by atoms with Crippen molar-refractivity contribution in [2.45, 2.75) is 26.7 Å². The van der Waals surface area contributed by atoms with Gasteiger partial charge in [0.15, 0.2) is 0 Å². The van der Waals surface area contributed by atoms with Gasteiger partial charge in [-0.2, -0.15) is 0 Å². The summed E-state index contributed by atoms with van der Waals surface area (Å²) in [6, 6.07) is 0. The van der Waals surface area contributed by atoms with Crippen LogP contribution in [-0.4, -0.2) is 19.2 Å². The minimum Gasteiger partial charge on any atom is -0.456 e. The molecule has 3 heteroatoms. The monoisotopic (exact) mass is 183 g/mol. The molecule has 1 radical (unpaired) electrons. The summed E-state index contributed by atoms with van der Waals surface area (Å²) in [6.45, 7) is 6.35. The average Bonchev–Trinajstić information content (AvgIpc) is 2.11. The predicted octanol–water partition coefficient (Wildman–Crippen LogP) is 1.53. The topological polar surface area (TPSA) is 35.5 Å². The molecule has 3 nitrogen and oxygen atoms in total. The second-order valence-corrected chi connectivity index (χ2v) is 2.22. The number of carbonyl (C=O) groups excluding carboxylic acids is 1. The molecule has 0 aliphatic rings. The summed E-state index contributed by atoms with van der Waals surface area (Å²) < 4.78 is 9.65. The van der Waals surface area contributed by atoms with Crippen molar-refractivity contribution in [3.05, 3.63) is 6.61 Å². The van der Waals surface area contributed by atoms with Gasteiger partial charge in [0.25, 0.3) is 0 Å². The first-order valence-electron chi connectivity index (χ1n) is 4.40. The van der Waals surface area contributed by atoms with Gasteiger partial charge in [-0.15, -0.1) is 0 Å². The maximum atomic E-state index is 10.7. The van der Waals surface area contributed by atoms with Crippen LogP contribution in [0.25, 0.3) is 0 Å². The normalized spacial score (nSPS) is 8.77. The van der Waals surface area contributed by atoms with E-state index < -0.39 is 5.97 Å². The molecule has 0 rings (SSSR count). The third kappa shape index (κ3) is 8.90. The summed E-state index contributed by atoms with van der Waals surface area (Å²) in [5.74, 6) is 4.54. The number of carbonyl (C=O) groups is 1. The van der Waals surface area contributed by atoms with Crippen molar-refractivity contribution in [1.82, 2.24) is 0 Å². The van der Waals surface area contributed by atoms with Crippen LogP contribution >= 0.6 is 0 Å². The minimum atomic E-state index is -0.470. The van der Waals surface area contributed by atoms with Gasteiger partial charge in [-0.1, -0.05) is 12.8 Å². The van der Waals surface area contributed by atoms with Crippen LogP contribution in [0.15, 0.2) is 0 Å². The zero-order chi connectivity index (χ0) is 9.94. The van der Waals surface area contributed by atoms with Gasteiger partial charge in [-0.05, 0) is 13.3 Å². The molecule has 0 aliphatic heterocycles. The highest BCUT2D eigenvalue weighted by Crippen LogP contribution is 1.88. The molecule has 0 aliphatic carbocycles. The molecule has 0 amide bonds. The largest absolute Gasteiger partial charge is 0.456 e. The second kappa shape index (κ2) is 9.08. The van der Waals surface area contributed by atoms with Gasteiger partial charge >= 0.3 is 5.97 Å². The lowest BCUT2D eigenvalue weighted by atomic mass is 10.4. The van der Waals surface area contributed by atoms with E-state index in [9.17, 15) is 4.79 Å². The third-order valence-electron chi connectivity index (χ3n) is 1.10. The van der Waals surface area contributed by atoms with E-state index in [-0.39, 0.29) is 0 Å². The van der Waals surface area contributed by atoms with Crippen LogP contribution < -0.4 is 0 Å². The van der Waals surface area contributed by atoms with Crippen LogP contribution in [0.1, 0.15) is 26.7 Å². The Labute approximate surface area is 79.4 Å². The summed E-state index contributed by atoms with van der Waals surface area (Å²) in [4.78, 5) is 10.7. The van der Waals surface area contributed by atoms with Crippen LogP contribution in [0.5, 0.6) is 0 Å². The Hall–Kier alpha value is -1.01. The third-order valence-corrected chi connectivity index (χ3v) is 1.10. The maximum Gasteiger partial charge on any atom is 0.384 e. The maximum absolute atomic E-state index is 10.7. The summed E-state index contributed by atoms with van der Waals surface area (Å²) in [5.41, 5.74) is 0. The molecule has 0 bridgehead atoms. The van der Waals surface area contributed by atoms with Crippen molar-refractivity contribution in [3.63, 3.8) is 0 Å². The highest BCUT2D eigenvalue weighted by molar-refractivity contribution is 5.88. The van der Waals surface area contributed by atoms with Gasteiger partial charge in [0.2, 0.25) is 0 Å². The van der Waals surface area contributed by atoms with Gasteiger partial charge in [0.05, 0.1) is 19.8 Å². The van der Waals surface area contributed by atoms with Crippen molar-refractivity contribution in [1.29, 1.82) is 0 Å². The summed E-state index contributed by atoms with van der Waals surface area (Å²) in [6.07, 6.45) is 1.43. The Balaban J connectivity index is 3.33. The number of hydrogen-bond donors (Lipinski definition) is 0. The molecular formula is C10H15O3. The van der Waals surface area contributed by atoms with Crippen LogP contribution in [0, 0.1) is 18.4 Å². The van der Waals surface area contributed by atoms with E-state index in [2.05, 4.69) is 16.6 Å². The van der Waals surface area contributed by atoms with Crippen molar-refractivity contribution >= 4 is 5.97 Å². The summed E-state index contributed by atoms with van der Waals surface area (Å²) >= 11 is 0. The molecule has 0 saturated carbocycles. The molecule has 73 valence electrons. The first-order valence-corrected chi connectivity index (χ1v) is 4.40. The first-order chi connectivity index (χ1) is 6.31. The number of esters is 1. The smallest absolute Gasteiger partial charge is 0.384 e. The Morgan fingerprint density at radius 3 is 2.85 bits per heavy atom. The Morgan fingerprint density at radius 1 is 1.46 bits per heavy atom. The zero-order valence-corrected chi connectivity index (χ0v) is 8.13.